The third-order valence-corrected chi connectivity index (χ3v) is 3.86. The van der Waals surface area contributed by atoms with E-state index in [0.717, 1.165) is 0 Å². The molecule has 7 heteroatoms. The monoisotopic (exact) mass is 297 g/mol. The summed E-state index contributed by atoms with van der Waals surface area (Å²) in [4.78, 5) is 3.80. The Hall–Kier alpha value is -1.79. The zero-order valence-electron chi connectivity index (χ0n) is 9.88. The standard InChI is InChI=1S/C12H12ClN3O2S/c13-12-6-5-10(7-15-12)16-19(17,18)8-9-3-1-2-4-11(9)14/h1-7,16H,8,14H2. The van der Waals surface area contributed by atoms with E-state index in [9.17, 15) is 8.42 Å². The van der Waals surface area contributed by atoms with Crippen LogP contribution in [0, 0.1) is 0 Å². The summed E-state index contributed by atoms with van der Waals surface area (Å²) in [6, 6.07) is 9.88. The molecule has 2 aromatic rings. The smallest absolute Gasteiger partial charge is 0.237 e. The van der Waals surface area contributed by atoms with Gasteiger partial charge in [0, 0.05) is 5.69 Å². The summed E-state index contributed by atoms with van der Waals surface area (Å²) in [5.41, 5.74) is 7.08. The lowest BCUT2D eigenvalue weighted by Crippen LogP contribution is -2.16. The van der Waals surface area contributed by atoms with Crippen molar-refractivity contribution < 1.29 is 8.42 Å². The zero-order valence-corrected chi connectivity index (χ0v) is 11.4. The highest BCUT2D eigenvalue weighted by atomic mass is 35.5. The van der Waals surface area contributed by atoms with E-state index < -0.39 is 10.0 Å². The SMILES string of the molecule is Nc1ccccc1CS(=O)(=O)Nc1ccc(Cl)nc1. The summed E-state index contributed by atoms with van der Waals surface area (Å²) in [6.07, 6.45) is 1.36. The first-order chi connectivity index (χ1) is 8.96. The molecule has 0 aliphatic carbocycles. The van der Waals surface area contributed by atoms with Crippen molar-refractivity contribution in [1.29, 1.82) is 0 Å². The highest BCUT2D eigenvalue weighted by molar-refractivity contribution is 7.91. The number of hydrogen-bond acceptors (Lipinski definition) is 4. The van der Waals surface area contributed by atoms with Gasteiger partial charge in [-0.1, -0.05) is 29.8 Å². The average molecular weight is 298 g/mol. The number of halogens is 1. The molecule has 0 fully saturated rings. The maximum absolute atomic E-state index is 12.0. The lowest BCUT2D eigenvalue weighted by molar-refractivity contribution is 0.600. The molecule has 0 aliphatic rings. The number of pyridine rings is 1. The molecule has 0 saturated heterocycles. The maximum atomic E-state index is 12.0. The third-order valence-electron chi connectivity index (χ3n) is 2.40. The van der Waals surface area contributed by atoms with E-state index in [1.807, 2.05) is 0 Å². The molecule has 1 aromatic carbocycles. The number of nitrogens with one attached hydrogen (secondary N) is 1. The predicted molar refractivity (Wildman–Crippen MR) is 76.3 cm³/mol. The van der Waals surface area contributed by atoms with E-state index in [4.69, 9.17) is 17.3 Å². The van der Waals surface area contributed by atoms with Gasteiger partial charge < -0.3 is 5.73 Å². The van der Waals surface area contributed by atoms with Gasteiger partial charge in [0.05, 0.1) is 17.6 Å². The molecule has 100 valence electrons. The molecule has 1 heterocycles. The summed E-state index contributed by atoms with van der Waals surface area (Å²) in [5.74, 6) is -0.192. The van der Waals surface area contributed by atoms with Crippen molar-refractivity contribution in [2.75, 3.05) is 10.5 Å². The summed E-state index contributed by atoms with van der Waals surface area (Å²) in [7, 11) is -3.54. The second kappa shape index (κ2) is 5.46. The van der Waals surface area contributed by atoms with Crippen molar-refractivity contribution in [3.8, 4) is 0 Å². The largest absolute Gasteiger partial charge is 0.398 e. The Labute approximate surface area is 116 Å². The van der Waals surface area contributed by atoms with Crippen molar-refractivity contribution in [3.05, 3.63) is 53.3 Å². The molecule has 0 radical (unpaired) electrons. The lowest BCUT2D eigenvalue weighted by atomic mass is 10.2. The molecule has 0 unspecified atom stereocenters. The van der Waals surface area contributed by atoms with Crippen molar-refractivity contribution in [2.24, 2.45) is 0 Å². The van der Waals surface area contributed by atoms with E-state index in [-0.39, 0.29) is 5.75 Å². The van der Waals surface area contributed by atoms with Gasteiger partial charge in [0.15, 0.2) is 0 Å². The first-order valence-corrected chi connectivity index (χ1v) is 7.45. The fourth-order valence-electron chi connectivity index (χ4n) is 1.52. The molecule has 1 aromatic heterocycles. The Bertz CT molecular complexity index is 672. The van der Waals surface area contributed by atoms with Gasteiger partial charge in [-0.25, -0.2) is 13.4 Å². The van der Waals surface area contributed by atoms with Gasteiger partial charge in [0.2, 0.25) is 10.0 Å². The molecule has 0 atom stereocenters. The van der Waals surface area contributed by atoms with Crippen LogP contribution in [-0.2, 0) is 15.8 Å². The molecule has 0 spiro atoms. The molecule has 0 bridgehead atoms. The molecular formula is C12H12ClN3O2S. The second-order valence-corrected chi connectivity index (χ2v) is 6.04. The van der Waals surface area contributed by atoms with Gasteiger partial charge in [-0.15, -0.1) is 0 Å². The third kappa shape index (κ3) is 3.84. The number of rotatable bonds is 4. The minimum atomic E-state index is -3.54. The van der Waals surface area contributed by atoms with Crippen molar-refractivity contribution >= 4 is 33.0 Å². The molecule has 5 nitrogen and oxygen atoms in total. The second-order valence-electron chi connectivity index (χ2n) is 3.93. The minimum Gasteiger partial charge on any atom is -0.398 e. The molecule has 0 amide bonds. The normalized spacial score (nSPS) is 11.2. The number of nitrogens with zero attached hydrogens (tertiary/aromatic N) is 1. The zero-order chi connectivity index (χ0) is 13.9. The lowest BCUT2D eigenvalue weighted by Gasteiger charge is -2.09. The fraction of sp³-hybridized carbons (Fsp3) is 0.0833. The van der Waals surface area contributed by atoms with Gasteiger partial charge >= 0.3 is 0 Å². The molecule has 19 heavy (non-hydrogen) atoms. The van der Waals surface area contributed by atoms with Crippen LogP contribution in [0.15, 0.2) is 42.6 Å². The Morgan fingerprint density at radius 2 is 1.95 bits per heavy atom. The molecule has 0 saturated carbocycles. The maximum Gasteiger partial charge on any atom is 0.237 e. The number of sulfonamides is 1. The Morgan fingerprint density at radius 1 is 1.21 bits per heavy atom. The van der Waals surface area contributed by atoms with Crippen molar-refractivity contribution in [2.45, 2.75) is 5.75 Å². The van der Waals surface area contributed by atoms with Gasteiger partial charge in [-0.05, 0) is 23.8 Å². The van der Waals surface area contributed by atoms with E-state index in [1.54, 1.807) is 30.3 Å². The number of aromatic nitrogens is 1. The van der Waals surface area contributed by atoms with Crippen LogP contribution in [0.2, 0.25) is 5.15 Å². The van der Waals surface area contributed by atoms with Crippen LogP contribution in [-0.4, -0.2) is 13.4 Å². The topological polar surface area (TPSA) is 85.1 Å². The number of benzene rings is 1. The number of hydrogen-bond donors (Lipinski definition) is 2. The van der Waals surface area contributed by atoms with E-state index >= 15 is 0 Å². The predicted octanol–water partition coefficient (Wildman–Crippen LogP) is 2.26. The van der Waals surface area contributed by atoms with Crippen LogP contribution in [0.25, 0.3) is 0 Å². The number of para-hydroxylation sites is 1. The highest BCUT2D eigenvalue weighted by Crippen LogP contribution is 2.17. The van der Waals surface area contributed by atoms with Crippen LogP contribution in [0.3, 0.4) is 0 Å². The Kier molecular flexibility index (Phi) is 3.92. The fourth-order valence-corrected chi connectivity index (χ4v) is 2.86. The Morgan fingerprint density at radius 3 is 2.58 bits per heavy atom. The van der Waals surface area contributed by atoms with Gasteiger partial charge in [-0.3, -0.25) is 4.72 Å². The quantitative estimate of drug-likeness (QED) is 0.669. The Balaban J connectivity index is 2.15. The molecule has 2 rings (SSSR count). The summed E-state index contributed by atoms with van der Waals surface area (Å²) >= 11 is 5.63. The molecular weight excluding hydrogens is 286 g/mol. The van der Waals surface area contributed by atoms with Crippen LogP contribution in [0.1, 0.15) is 5.56 Å². The van der Waals surface area contributed by atoms with Crippen molar-refractivity contribution in [1.82, 2.24) is 4.98 Å². The van der Waals surface area contributed by atoms with E-state index in [1.165, 1.54) is 12.3 Å². The van der Waals surface area contributed by atoms with Crippen LogP contribution in [0.4, 0.5) is 11.4 Å². The molecule has 0 aliphatic heterocycles. The first-order valence-electron chi connectivity index (χ1n) is 5.42. The van der Waals surface area contributed by atoms with Gasteiger partial charge in [0.25, 0.3) is 0 Å². The summed E-state index contributed by atoms with van der Waals surface area (Å²) in [6.45, 7) is 0. The first kappa shape index (κ1) is 13.6. The number of nitrogens with two attached hydrogens (primary N) is 1. The van der Waals surface area contributed by atoms with E-state index in [2.05, 4.69) is 9.71 Å². The van der Waals surface area contributed by atoms with Crippen LogP contribution < -0.4 is 10.5 Å². The average Bonchev–Trinajstić information content (AvgIpc) is 2.35. The highest BCUT2D eigenvalue weighted by Gasteiger charge is 2.13. The number of anilines is 2. The van der Waals surface area contributed by atoms with E-state index in [0.29, 0.717) is 22.1 Å². The van der Waals surface area contributed by atoms with Gasteiger partial charge in [0.1, 0.15) is 5.15 Å². The summed E-state index contributed by atoms with van der Waals surface area (Å²) < 4.78 is 26.4. The van der Waals surface area contributed by atoms with Crippen LogP contribution in [0.5, 0.6) is 0 Å². The molecule has 3 N–H and O–H groups in total. The van der Waals surface area contributed by atoms with Crippen LogP contribution >= 0.6 is 11.6 Å². The summed E-state index contributed by atoms with van der Waals surface area (Å²) in [5, 5.41) is 0.301. The van der Waals surface area contributed by atoms with Gasteiger partial charge in [-0.2, -0.15) is 0 Å². The minimum absolute atomic E-state index is 0.192. The van der Waals surface area contributed by atoms with Crippen molar-refractivity contribution in [3.63, 3.8) is 0 Å². The number of nitrogen functional groups attached to an aromatic ring is 1.